The Hall–Kier alpha value is -0.450. The van der Waals surface area contributed by atoms with E-state index >= 15 is 0 Å². The van der Waals surface area contributed by atoms with Crippen LogP contribution in [-0.2, 0) is 4.74 Å². The van der Waals surface area contributed by atoms with E-state index in [1.165, 1.54) is 12.1 Å². The standard InChI is InChI=1S/C14H19BrFNO/c1-3-18-12-7-11(8-12)17-9(2)13-5-4-10(16)6-14(13)15/h4-6,9,11-12,17H,3,7-8H2,1-2H3. The average Bonchev–Trinajstić information content (AvgIpc) is 2.26. The number of hydrogen-bond donors (Lipinski definition) is 1. The number of halogens is 2. The molecule has 1 aromatic carbocycles. The summed E-state index contributed by atoms with van der Waals surface area (Å²) in [5.74, 6) is -0.210. The number of hydrogen-bond acceptors (Lipinski definition) is 2. The predicted molar refractivity (Wildman–Crippen MR) is 74.1 cm³/mol. The zero-order chi connectivity index (χ0) is 13.1. The van der Waals surface area contributed by atoms with Crippen molar-refractivity contribution in [1.82, 2.24) is 5.32 Å². The minimum absolute atomic E-state index is 0.210. The zero-order valence-electron chi connectivity index (χ0n) is 10.7. The fourth-order valence-electron chi connectivity index (χ4n) is 2.37. The van der Waals surface area contributed by atoms with Crippen LogP contribution in [0.4, 0.5) is 4.39 Å². The molecule has 1 atom stereocenters. The van der Waals surface area contributed by atoms with Gasteiger partial charge in [0.2, 0.25) is 0 Å². The molecule has 1 fully saturated rings. The highest BCUT2D eigenvalue weighted by molar-refractivity contribution is 9.10. The molecule has 0 amide bonds. The van der Waals surface area contributed by atoms with Gasteiger partial charge < -0.3 is 10.1 Å². The van der Waals surface area contributed by atoms with E-state index in [-0.39, 0.29) is 11.9 Å². The third-order valence-corrected chi connectivity index (χ3v) is 4.10. The summed E-state index contributed by atoms with van der Waals surface area (Å²) in [7, 11) is 0. The molecule has 4 heteroatoms. The van der Waals surface area contributed by atoms with Crippen LogP contribution < -0.4 is 5.32 Å². The van der Waals surface area contributed by atoms with Gasteiger partial charge in [0, 0.05) is 23.2 Å². The SMILES string of the molecule is CCOC1CC(NC(C)c2ccc(F)cc2Br)C1. The molecule has 0 spiro atoms. The van der Waals surface area contributed by atoms with Crippen molar-refractivity contribution < 1.29 is 9.13 Å². The van der Waals surface area contributed by atoms with E-state index in [0.29, 0.717) is 12.1 Å². The topological polar surface area (TPSA) is 21.3 Å². The molecule has 0 saturated heterocycles. The molecule has 0 radical (unpaired) electrons. The van der Waals surface area contributed by atoms with Gasteiger partial charge in [0.25, 0.3) is 0 Å². The first-order chi connectivity index (χ1) is 8.60. The molecule has 1 unspecified atom stereocenters. The van der Waals surface area contributed by atoms with Crippen molar-refractivity contribution in [1.29, 1.82) is 0 Å². The molecule has 100 valence electrons. The highest BCUT2D eigenvalue weighted by Crippen LogP contribution is 2.29. The number of ether oxygens (including phenoxy) is 1. The Morgan fingerprint density at radius 3 is 2.83 bits per heavy atom. The van der Waals surface area contributed by atoms with Crippen LogP contribution in [0.5, 0.6) is 0 Å². The summed E-state index contributed by atoms with van der Waals surface area (Å²) in [6.07, 6.45) is 2.55. The highest BCUT2D eigenvalue weighted by Gasteiger charge is 2.30. The third kappa shape index (κ3) is 3.31. The fourth-order valence-corrected chi connectivity index (χ4v) is 3.06. The molecule has 1 aromatic rings. The van der Waals surface area contributed by atoms with Crippen LogP contribution in [0, 0.1) is 5.82 Å². The van der Waals surface area contributed by atoms with Gasteiger partial charge in [-0.25, -0.2) is 4.39 Å². The number of benzene rings is 1. The van der Waals surface area contributed by atoms with Crippen molar-refractivity contribution in [3.63, 3.8) is 0 Å². The van der Waals surface area contributed by atoms with Crippen LogP contribution in [0.25, 0.3) is 0 Å². The first-order valence-electron chi connectivity index (χ1n) is 6.42. The maximum Gasteiger partial charge on any atom is 0.124 e. The van der Waals surface area contributed by atoms with E-state index in [0.717, 1.165) is 29.5 Å². The molecule has 2 nitrogen and oxygen atoms in total. The summed E-state index contributed by atoms with van der Waals surface area (Å²) in [6.45, 7) is 4.92. The van der Waals surface area contributed by atoms with E-state index in [1.54, 1.807) is 0 Å². The van der Waals surface area contributed by atoms with Gasteiger partial charge in [-0.2, -0.15) is 0 Å². The van der Waals surface area contributed by atoms with Crippen LogP contribution >= 0.6 is 15.9 Å². The van der Waals surface area contributed by atoms with Crippen LogP contribution in [0.2, 0.25) is 0 Å². The normalized spacial score (nSPS) is 24.7. The van der Waals surface area contributed by atoms with E-state index in [4.69, 9.17) is 4.74 Å². The van der Waals surface area contributed by atoms with Gasteiger partial charge in [-0.1, -0.05) is 22.0 Å². The Labute approximate surface area is 116 Å². The maximum atomic E-state index is 13.0. The van der Waals surface area contributed by atoms with Crippen molar-refractivity contribution >= 4 is 15.9 Å². The van der Waals surface area contributed by atoms with E-state index < -0.39 is 0 Å². The molecule has 18 heavy (non-hydrogen) atoms. The second kappa shape index (κ2) is 6.13. The predicted octanol–water partition coefficient (Wildman–Crippen LogP) is 3.81. The molecular weight excluding hydrogens is 297 g/mol. The van der Waals surface area contributed by atoms with E-state index in [9.17, 15) is 4.39 Å². The molecule has 0 aromatic heterocycles. The Kier molecular flexibility index (Phi) is 4.76. The van der Waals surface area contributed by atoms with Crippen molar-refractivity contribution in [2.45, 2.75) is 44.9 Å². The van der Waals surface area contributed by atoms with Gasteiger partial charge in [-0.3, -0.25) is 0 Å². The second-order valence-corrected chi connectivity index (χ2v) is 5.65. The van der Waals surface area contributed by atoms with Gasteiger partial charge in [0.1, 0.15) is 5.82 Å². The lowest BCUT2D eigenvalue weighted by Gasteiger charge is -2.37. The monoisotopic (exact) mass is 315 g/mol. The summed E-state index contributed by atoms with van der Waals surface area (Å²) < 4.78 is 19.4. The van der Waals surface area contributed by atoms with E-state index in [1.807, 2.05) is 13.0 Å². The molecular formula is C14H19BrFNO. The summed E-state index contributed by atoms with van der Waals surface area (Å²) in [5.41, 5.74) is 1.09. The lowest BCUT2D eigenvalue weighted by molar-refractivity contribution is -0.0120. The van der Waals surface area contributed by atoms with Crippen LogP contribution in [0.1, 0.15) is 38.3 Å². The highest BCUT2D eigenvalue weighted by atomic mass is 79.9. The lowest BCUT2D eigenvalue weighted by Crippen LogP contribution is -2.46. The lowest BCUT2D eigenvalue weighted by atomic mass is 9.88. The maximum absolute atomic E-state index is 13.0. The van der Waals surface area contributed by atoms with Gasteiger partial charge in [-0.05, 0) is 44.4 Å². The minimum atomic E-state index is -0.210. The minimum Gasteiger partial charge on any atom is -0.378 e. The van der Waals surface area contributed by atoms with Gasteiger partial charge in [0.15, 0.2) is 0 Å². The molecule has 2 rings (SSSR count). The molecule has 0 bridgehead atoms. The molecule has 1 saturated carbocycles. The third-order valence-electron chi connectivity index (χ3n) is 3.41. The molecule has 1 aliphatic carbocycles. The van der Waals surface area contributed by atoms with Crippen molar-refractivity contribution in [2.75, 3.05) is 6.61 Å². The number of nitrogens with one attached hydrogen (secondary N) is 1. The Morgan fingerprint density at radius 1 is 1.50 bits per heavy atom. The first-order valence-corrected chi connectivity index (χ1v) is 7.22. The van der Waals surface area contributed by atoms with Gasteiger partial charge >= 0.3 is 0 Å². The molecule has 1 N–H and O–H groups in total. The Morgan fingerprint density at radius 2 is 2.22 bits per heavy atom. The quantitative estimate of drug-likeness (QED) is 0.892. The first kappa shape index (κ1) is 14.0. The largest absolute Gasteiger partial charge is 0.378 e. The second-order valence-electron chi connectivity index (χ2n) is 4.80. The Balaban J connectivity index is 1.87. The fraction of sp³-hybridized carbons (Fsp3) is 0.571. The summed E-state index contributed by atoms with van der Waals surface area (Å²) in [5, 5.41) is 3.55. The van der Waals surface area contributed by atoms with Crippen molar-refractivity contribution in [2.24, 2.45) is 0 Å². The summed E-state index contributed by atoms with van der Waals surface area (Å²) in [6, 6.07) is 5.57. The van der Waals surface area contributed by atoms with Crippen molar-refractivity contribution in [3.05, 3.63) is 34.1 Å². The van der Waals surface area contributed by atoms with E-state index in [2.05, 4.69) is 28.2 Å². The van der Waals surface area contributed by atoms with Gasteiger partial charge in [0.05, 0.1) is 6.10 Å². The van der Waals surface area contributed by atoms with Crippen LogP contribution in [0.3, 0.4) is 0 Å². The van der Waals surface area contributed by atoms with Gasteiger partial charge in [-0.15, -0.1) is 0 Å². The average molecular weight is 316 g/mol. The smallest absolute Gasteiger partial charge is 0.124 e. The summed E-state index contributed by atoms with van der Waals surface area (Å²) in [4.78, 5) is 0. The summed E-state index contributed by atoms with van der Waals surface area (Å²) >= 11 is 3.41. The molecule has 1 aliphatic rings. The zero-order valence-corrected chi connectivity index (χ0v) is 12.3. The van der Waals surface area contributed by atoms with Crippen LogP contribution in [0.15, 0.2) is 22.7 Å². The Bertz CT molecular complexity index is 407. The van der Waals surface area contributed by atoms with Crippen molar-refractivity contribution in [3.8, 4) is 0 Å². The number of rotatable bonds is 5. The molecule has 0 heterocycles. The van der Waals surface area contributed by atoms with Crippen LogP contribution in [-0.4, -0.2) is 18.8 Å². The molecule has 0 aliphatic heterocycles.